The highest BCUT2D eigenvalue weighted by Gasteiger charge is 2.38. The van der Waals surface area contributed by atoms with Crippen molar-refractivity contribution >= 4 is 22.9 Å². The van der Waals surface area contributed by atoms with Gasteiger partial charge in [-0.15, -0.1) is 11.3 Å². The molecule has 10 heteroatoms. The summed E-state index contributed by atoms with van der Waals surface area (Å²) in [6.07, 6.45) is -4.97. The lowest BCUT2D eigenvalue weighted by Gasteiger charge is -2.08. The van der Waals surface area contributed by atoms with Gasteiger partial charge in [0.25, 0.3) is 5.56 Å². The largest absolute Gasteiger partial charge is 0.471 e. The molecule has 3 rings (SSSR count). The Hall–Kier alpha value is -2.62. The zero-order valence-corrected chi connectivity index (χ0v) is 13.1. The molecule has 2 N–H and O–H groups in total. The summed E-state index contributed by atoms with van der Waals surface area (Å²) in [6.45, 7) is 1.29. The molecule has 3 aromatic rings. The minimum atomic E-state index is -4.97. The summed E-state index contributed by atoms with van der Waals surface area (Å²) in [7, 11) is 0. The number of thiophene rings is 1. The van der Waals surface area contributed by atoms with Gasteiger partial charge in [-0.05, 0) is 18.4 Å². The zero-order chi connectivity index (χ0) is 17.5. The number of hydrogen-bond donors (Lipinski definition) is 2. The van der Waals surface area contributed by atoms with E-state index >= 15 is 0 Å². The van der Waals surface area contributed by atoms with E-state index in [1.165, 1.54) is 11.3 Å². The van der Waals surface area contributed by atoms with Crippen LogP contribution in [0.15, 0.2) is 28.4 Å². The van der Waals surface area contributed by atoms with Crippen molar-refractivity contribution in [3.63, 3.8) is 0 Å². The third kappa shape index (κ3) is 2.92. The Morgan fingerprint density at radius 2 is 2.21 bits per heavy atom. The molecular formula is C14H11F3N4O2S. The number of rotatable bonds is 3. The summed E-state index contributed by atoms with van der Waals surface area (Å²) in [6, 6.07) is 4.80. The van der Waals surface area contributed by atoms with Gasteiger partial charge in [0.15, 0.2) is 0 Å². The monoisotopic (exact) mass is 356 g/mol. The van der Waals surface area contributed by atoms with E-state index in [-0.39, 0.29) is 5.69 Å². The number of hydrogen-bond acceptors (Lipinski definition) is 4. The molecule has 0 unspecified atom stereocenters. The molecule has 0 saturated carbocycles. The number of amides is 1. The molecule has 1 amide bonds. The number of nitrogens with zero attached hydrogens (tertiary/aromatic N) is 2. The number of carbonyl (C=O) groups is 1. The Kier molecular flexibility index (Phi) is 3.91. The summed E-state index contributed by atoms with van der Waals surface area (Å²) < 4.78 is 37.9. The topological polar surface area (TPSA) is 79.3 Å². The molecule has 126 valence electrons. The highest BCUT2D eigenvalue weighted by Crippen LogP contribution is 2.30. The van der Waals surface area contributed by atoms with Gasteiger partial charge in [0.05, 0.1) is 17.8 Å². The first kappa shape index (κ1) is 16.2. The lowest BCUT2D eigenvalue weighted by Crippen LogP contribution is -2.36. The maximum absolute atomic E-state index is 12.2. The van der Waals surface area contributed by atoms with Gasteiger partial charge in [-0.3, -0.25) is 9.59 Å². The molecule has 0 radical (unpaired) electrons. The third-order valence-corrected chi connectivity index (χ3v) is 4.20. The van der Waals surface area contributed by atoms with Crippen LogP contribution in [0.2, 0.25) is 0 Å². The predicted molar refractivity (Wildman–Crippen MR) is 81.8 cm³/mol. The average molecular weight is 356 g/mol. The number of aryl methyl sites for hydroxylation is 1. The van der Waals surface area contributed by atoms with E-state index in [0.717, 1.165) is 15.5 Å². The van der Waals surface area contributed by atoms with Crippen molar-refractivity contribution in [1.82, 2.24) is 19.9 Å². The zero-order valence-electron chi connectivity index (χ0n) is 12.3. The van der Waals surface area contributed by atoms with Gasteiger partial charge in [0.1, 0.15) is 5.65 Å². The number of aromatic nitrogens is 3. The highest BCUT2D eigenvalue weighted by molar-refractivity contribution is 7.13. The fourth-order valence-electron chi connectivity index (χ4n) is 2.29. The van der Waals surface area contributed by atoms with Crippen LogP contribution in [0.3, 0.4) is 0 Å². The molecule has 0 spiro atoms. The second kappa shape index (κ2) is 5.78. The SMILES string of the molecule is Cc1nn2c(=O)cc(CNC(=O)C(F)(F)F)[nH]c2c1-c1cccs1. The molecule has 0 aromatic carbocycles. The van der Waals surface area contributed by atoms with Crippen LogP contribution in [-0.2, 0) is 11.3 Å². The van der Waals surface area contributed by atoms with Crippen molar-refractivity contribution in [3.05, 3.63) is 45.3 Å². The van der Waals surface area contributed by atoms with E-state index in [4.69, 9.17) is 0 Å². The minimum Gasteiger partial charge on any atom is -0.343 e. The fraction of sp³-hybridized carbons (Fsp3) is 0.214. The lowest BCUT2D eigenvalue weighted by molar-refractivity contribution is -0.173. The van der Waals surface area contributed by atoms with Crippen LogP contribution < -0.4 is 10.9 Å². The first-order valence-corrected chi connectivity index (χ1v) is 7.66. The van der Waals surface area contributed by atoms with Gasteiger partial charge in [-0.25, -0.2) is 0 Å². The van der Waals surface area contributed by atoms with Crippen molar-refractivity contribution in [2.75, 3.05) is 0 Å². The first-order chi connectivity index (χ1) is 11.3. The van der Waals surface area contributed by atoms with Gasteiger partial charge < -0.3 is 10.3 Å². The van der Waals surface area contributed by atoms with Crippen molar-refractivity contribution in [2.45, 2.75) is 19.6 Å². The predicted octanol–water partition coefficient (Wildman–Crippen LogP) is 2.24. The minimum absolute atomic E-state index is 0.155. The third-order valence-electron chi connectivity index (χ3n) is 3.31. The van der Waals surface area contributed by atoms with Crippen LogP contribution in [0.25, 0.3) is 16.1 Å². The number of H-pyrrole nitrogens is 1. The second-order valence-electron chi connectivity index (χ2n) is 5.01. The Morgan fingerprint density at radius 3 is 2.83 bits per heavy atom. The van der Waals surface area contributed by atoms with Crippen molar-refractivity contribution < 1.29 is 18.0 Å². The lowest BCUT2D eigenvalue weighted by atomic mass is 10.2. The van der Waals surface area contributed by atoms with Crippen molar-refractivity contribution in [3.8, 4) is 10.4 Å². The van der Waals surface area contributed by atoms with Crippen molar-refractivity contribution in [2.24, 2.45) is 0 Å². The summed E-state index contributed by atoms with van der Waals surface area (Å²) in [5.41, 5.74) is 1.35. The molecule has 0 atom stereocenters. The number of fused-ring (bicyclic) bond motifs is 1. The van der Waals surface area contributed by atoms with Gasteiger partial charge in [0.2, 0.25) is 0 Å². The summed E-state index contributed by atoms with van der Waals surface area (Å²) >= 11 is 1.45. The summed E-state index contributed by atoms with van der Waals surface area (Å²) in [5, 5.41) is 7.75. The van der Waals surface area contributed by atoms with Crippen LogP contribution in [0.1, 0.15) is 11.4 Å². The molecule has 3 heterocycles. The summed E-state index contributed by atoms with van der Waals surface area (Å²) in [5.74, 6) is -2.06. The Balaban J connectivity index is 2.02. The van der Waals surface area contributed by atoms with E-state index in [0.29, 0.717) is 16.9 Å². The van der Waals surface area contributed by atoms with Crippen LogP contribution in [0.4, 0.5) is 13.2 Å². The molecule has 0 aliphatic heterocycles. The van der Waals surface area contributed by atoms with Crippen LogP contribution in [-0.4, -0.2) is 26.7 Å². The summed E-state index contributed by atoms with van der Waals surface area (Å²) in [4.78, 5) is 26.8. The molecule has 24 heavy (non-hydrogen) atoms. The number of halogens is 3. The Bertz CT molecular complexity index is 957. The van der Waals surface area contributed by atoms with Crippen LogP contribution in [0, 0.1) is 6.92 Å². The molecule has 0 bridgehead atoms. The van der Waals surface area contributed by atoms with Crippen LogP contribution in [0.5, 0.6) is 0 Å². The molecule has 0 aliphatic rings. The normalized spacial score (nSPS) is 11.8. The first-order valence-electron chi connectivity index (χ1n) is 6.78. The fourth-order valence-corrected chi connectivity index (χ4v) is 3.11. The molecule has 0 aliphatic carbocycles. The number of nitrogens with one attached hydrogen (secondary N) is 2. The molecule has 0 fully saturated rings. The van der Waals surface area contributed by atoms with E-state index in [9.17, 15) is 22.8 Å². The Morgan fingerprint density at radius 1 is 1.46 bits per heavy atom. The van der Waals surface area contributed by atoms with Gasteiger partial charge >= 0.3 is 12.1 Å². The molecule has 6 nitrogen and oxygen atoms in total. The van der Waals surface area contributed by atoms with E-state index in [1.54, 1.807) is 12.2 Å². The average Bonchev–Trinajstić information content (AvgIpc) is 3.10. The van der Waals surface area contributed by atoms with E-state index in [1.807, 2.05) is 17.5 Å². The van der Waals surface area contributed by atoms with Crippen molar-refractivity contribution in [1.29, 1.82) is 0 Å². The Labute approximate surface area is 136 Å². The number of carbonyl (C=O) groups excluding carboxylic acids is 1. The van der Waals surface area contributed by atoms with E-state index in [2.05, 4.69) is 10.1 Å². The second-order valence-corrected chi connectivity index (χ2v) is 5.96. The molecule has 0 saturated heterocycles. The number of alkyl halides is 3. The number of aromatic amines is 1. The highest BCUT2D eigenvalue weighted by atomic mass is 32.1. The molecular weight excluding hydrogens is 345 g/mol. The quantitative estimate of drug-likeness (QED) is 0.755. The smallest absolute Gasteiger partial charge is 0.343 e. The maximum atomic E-state index is 12.2. The standard InChI is InChI=1S/C14H11F3N4O2S/c1-7-11(9-3-2-4-24-9)12-19-8(5-10(22)21(12)20-7)6-18-13(23)14(15,16)17/h2-5,19H,6H2,1H3,(H,18,23). The van der Waals surface area contributed by atoms with Gasteiger partial charge in [0, 0.05) is 16.6 Å². The van der Waals surface area contributed by atoms with E-state index < -0.39 is 24.2 Å². The van der Waals surface area contributed by atoms with Gasteiger partial charge in [-0.2, -0.15) is 22.8 Å². The van der Waals surface area contributed by atoms with Gasteiger partial charge in [-0.1, -0.05) is 6.07 Å². The maximum Gasteiger partial charge on any atom is 0.471 e. The van der Waals surface area contributed by atoms with Crippen LogP contribution >= 0.6 is 11.3 Å². The molecule has 3 aromatic heterocycles.